The van der Waals surface area contributed by atoms with Gasteiger partial charge in [-0.2, -0.15) is 0 Å². The molecular formula is C31H34Cl2N4O6S. The lowest BCUT2D eigenvalue weighted by molar-refractivity contribution is -0.384. The molecule has 13 heteroatoms. The van der Waals surface area contributed by atoms with Crippen molar-refractivity contribution in [1.82, 2.24) is 10.2 Å². The number of nitrogens with zero attached hydrogens (tertiary/aromatic N) is 3. The molecular weight excluding hydrogens is 627 g/mol. The number of hydrogen-bond donors (Lipinski definition) is 1. The Morgan fingerprint density at radius 2 is 1.61 bits per heavy atom. The number of nitrogens with one attached hydrogen (secondary N) is 1. The van der Waals surface area contributed by atoms with E-state index >= 15 is 0 Å². The van der Waals surface area contributed by atoms with Gasteiger partial charge >= 0.3 is 0 Å². The Kier molecular flexibility index (Phi) is 11.2. The Hall–Kier alpha value is -3.67. The number of amides is 2. The molecule has 10 nitrogen and oxygen atoms in total. The summed E-state index contributed by atoms with van der Waals surface area (Å²) in [6, 6.07) is 18.0. The fourth-order valence-corrected chi connectivity index (χ4v) is 6.69. The highest BCUT2D eigenvalue weighted by Crippen LogP contribution is 2.29. The van der Waals surface area contributed by atoms with Gasteiger partial charge in [-0.25, -0.2) is 8.42 Å². The maximum Gasteiger partial charge on any atom is 0.271 e. The van der Waals surface area contributed by atoms with Crippen molar-refractivity contribution in [2.24, 2.45) is 0 Å². The van der Waals surface area contributed by atoms with Crippen molar-refractivity contribution in [3.8, 4) is 0 Å². The molecule has 1 aliphatic carbocycles. The van der Waals surface area contributed by atoms with Crippen LogP contribution in [-0.4, -0.2) is 54.9 Å². The van der Waals surface area contributed by atoms with E-state index < -0.39 is 33.4 Å². The molecule has 44 heavy (non-hydrogen) atoms. The van der Waals surface area contributed by atoms with E-state index in [2.05, 4.69) is 5.32 Å². The molecule has 0 aliphatic heterocycles. The number of nitro groups is 1. The Balaban J connectivity index is 1.77. The Bertz CT molecular complexity index is 1580. The average Bonchev–Trinajstić information content (AvgIpc) is 2.99. The van der Waals surface area contributed by atoms with E-state index in [1.54, 1.807) is 18.2 Å². The van der Waals surface area contributed by atoms with Crippen LogP contribution in [0.5, 0.6) is 0 Å². The number of halogens is 2. The minimum atomic E-state index is -4.10. The molecule has 0 spiro atoms. The van der Waals surface area contributed by atoms with Gasteiger partial charge in [-0.3, -0.25) is 24.0 Å². The zero-order valence-electron chi connectivity index (χ0n) is 24.2. The lowest BCUT2D eigenvalue weighted by Crippen LogP contribution is -2.55. The number of nitro benzene ring substituents is 1. The molecule has 2 amide bonds. The molecule has 1 fully saturated rings. The topological polar surface area (TPSA) is 130 Å². The third-order valence-electron chi connectivity index (χ3n) is 7.62. The first-order valence-corrected chi connectivity index (χ1v) is 16.8. The SMILES string of the molecule is CS(=O)(=O)N(CC(=O)N(Cc1c(Cl)cccc1Cl)C(Cc1ccccc1)C(=O)NC1CCCCC1)c1cccc([N+](=O)[O-])c1. The predicted octanol–water partition coefficient (Wildman–Crippen LogP) is 5.76. The van der Waals surface area contributed by atoms with Crippen molar-refractivity contribution in [2.45, 2.75) is 57.2 Å². The van der Waals surface area contributed by atoms with Gasteiger partial charge in [0.2, 0.25) is 21.8 Å². The number of non-ortho nitro benzene ring substituents is 1. The van der Waals surface area contributed by atoms with E-state index in [0.29, 0.717) is 5.56 Å². The third kappa shape index (κ3) is 8.71. The first kappa shape index (κ1) is 33.2. The summed E-state index contributed by atoms with van der Waals surface area (Å²) in [6.45, 7) is -0.899. The summed E-state index contributed by atoms with van der Waals surface area (Å²) in [5.74, 6) is -1.09. The van der Waals surface area contributed by atoms with E-state index in [4.69, 9.17) is 23.2 Å². The van der Waals surface area contributed by atoms with Crippen molar-refractivity contribution < 1.29 is 22.9 Å². The molecule has 1 unspecified atom stereocenters. The van der Waals surface area contributed by atoms with Crippen LogP contribution in [0, 0.1) is 10.1 Å². The smallest absolute Gasteiger partial charge is 0.271 e. The molecule has 3 aromatic carbocycles. The van der Waals surface area contributed by atoms with E-state index in [0.717, 1.165) is 54.3 Å². The van der Waals surface area contributed by atoms with Crippen LogP contribution in [0.4, 0.5) is 11.4 Å². The highest BCUT2D eigenvalue weighted by atomic mass is 35.5. The monoisotopic (exact) mass is 660 g/mol. The predicted molar refractivity (Wildman–Crippen MR) is 171 cm³/mol. The van der Waals surface area contributed by atoms with Gasteiger partial charge in [0.15, 0.2) is 0 Å². The molecule has 0 saturated heterocycles. The molecule has 1 atom stereocenters. The second-order valence-electron chi connectivity index (χ2n) is 10.8. The minimum absolute atomic E-state index is 0.0484. The van der Waals surface area contributed by atoms with Crippen LogP contribution in [-0.2, 0) is 32.6 Å². The number of anilines is 1. The van der Waals surface area contributed by atoms with Crippen molar-refractivity contribution >= 4 is 56.4 Å². The summed E-state index contributed by atoms with van der Waals surface area (Å²) in [4.78, 5) is 40.4. The van der Waals surface area contributed by atoms with Gasteiger partial charge in [0.25, 0.3) is 5.69 Å². The van der Waals surface area contributed by atoms with Gasteiger partial charge in [-0.05, 0) is 36.6 Å². The van der Waals surface area contributed by atoms with Crippen molar-refractivity contribution in [1.29, 1.82) is 0 Å². The third-order valence-corrected chi connectivity index (χ3v) is 9.47. The maximum atomic E-state index is 14.3. The molecule has 1 N–H and O–H groups in total. The van der Waals surface area contributed by atoms with Crippen LogP contribution in [0.25, 0.3) is 0 Å². The molecule has 0 bridgehead atoms. The molecule has 1 aliphatic rings. The van der Waals surface area contributed by atoms with E-state index in [1.165, 1.54) is 23.1 Å². The average molecular weight is 662 g/mol. The van der Waals surface area contributed by atoms with Crippen molar-refractivity contribution in [3.63, 3.8) is 0 Å². The molecule has 0 radical (unpaired) electrons. The fraction of sp³-hybridized carbons (Fsp3) is 0.355. The Morgan fingerprint density at radius 1 is 0.977 bits per heavy atom. The fourth-order valence-electron chi connectivity index (χ4n) is 5.33. The number of carbonyl (C=O) groups is 2. The number of carbonyl (C=O) groups excluding carboxylic acids is 2. The summed E-state index contributed by atoms with van der Waals surface area (Å²) in [7, 11) is -4.10. The maximum absolute atomic E-state index is 14.3. The largest absolute Gasteiger partial charge is 0.352 e. The van der Waals surface area contributed by atoms with Gasteiger partial charge < -0.3 is 10.2 Å². The number of sulfonamides is 1. The molecule has 0 aromatic heterocycles. The molecule has 3 aromatic rings. The highest BCUT2D eigenvalue weighted by molar-refractivity contribution is 7.92. The van der Waals surface area contributed by atoms with Gasteiger partial charge in [-0.15, -0.1) is 0 Å². The van der Waals surface area contributed by atoms with E-state index in [-0.39, 0.29) is 46.3 Å². The van der Waals surface area contributed by atoms with Gasteiger partial charge in [0, 0.05) is 46.7 Å². The molecule has 0 heterocycles. The zero-order valence-corrected chi connectivity index (χ0v) is 26.5. The van der Waals surface area contributed by atoms with Crippen LogP contribution in [0.2, 0.25) is 10.0 Å². The second-order valence-corrected chi connectivity index (χ2v) is 13.5. The summed E-state index contributed by atoms with van der Waals surface area (Å²) in [5.41, 5.74) is 0.793. The summed E-state index contributed by atoms with van der Waals surface area (Å²) >= 11 is 13.0. The molecule has 4 rings (SSSR count). The van der Waals surface area contributed by atoms with E-state index in [9.17, 15) is 28.1 Å². The van der Waals surface area contributed by atoms with Crippen LogP contribution in [0.3, 0.4) is 0 Å². The quantitative estimate of drug-likeness (QED) is 0.194. The Labute approximate surface area is 267 Å². The zero-order chi connectivity index (χ0) is 31.9. The minimum Gasteiger partial charge on any atom is -0.352 e. The van der Waals surface area contributed by atoms with Crippen LogP contribution in [0.15, 0.2) is 72.8 Å². The van der Waals surface area contributed by atoms with E-state index in [1.807, 2.05) is 30.3 Å². The van der Waals surface area contributed by atoms with Gasteiger partial charge in [0.1, 0.15) is 12.6 Å². The second kappa shape index (κ2) is 14.9. The van der Waals surface area contributed by atoms with Crippen LogP contribution >= 0.6 is 23.2 Å². The van der Waals surface area contributed by atoms with Crippen LogP contribution < -0.4 is 9.62 Å². The first-order chi connectivity index (χ1) is 20.9. The molecule has 234 valence electrons. The summed E-state index contributed by atoms with van der Waals surface area (Å²) in [6.07, 6.45) is 5.76. The standard InChI is InChI=1S/C31H34Cl2N4O6S/c1-44(42,43)36(24-14-8-15-25(19-24)37(40)41)21-30(38)35(20-26-27(32)16-9-17-28(26)33)29(18-22-10-4-2-5-11-22)31(39)34-23-12-6-3-7-13-23/h2,4-5,8-11,14-17,19,23,29H,3,6-7,12-13,18,20-21H2,1H3,(H,34,39). The van der Waals surface area contributed by atoms with Crippen molar-refractivity contribution in [2.75, 3.05) is 17.1 Å². The first-order valence-electron chi connectivity index (χ1n) is 14.2. The number of rotatable bonds is 12. The van der Waals surface area contributed by atoms with Crippen molar-refractivity contribution in [3.05, 3.63) is 104 Å². The summed E-state index contributed by atoms with van der Waals surface area (Å²) < 4.78 is 26.7. The Morgan fingerprint density at radius 3 is 2.23 bits per heavy atom. The number of hydrogen-bond acceptors (Lipinski definition) is 6. The lowest BCUT2D eigenvalue weighted by Gasteiger charge is -2.35. The van der Waals surface area contributed by atoms with Crippen LogP contribution in [0.1, 0.15) is 43.2 Å². The van der Waals surface area contributed by atoms with Gasteiger partial charge in [-0.1, -0.05) is 84.9 Å². The highest BCUT2D eigenvalue weighted by Gasteiger charge is 2.35. The normalized spacial score (nSPS) is 14.4. The van der Waals surface area contributed by atoms with Gasteiger partial charge in [0.05, 0.1) is 16.9 Å². The number of benzene rings is 3. The lowest BCUT2D eigenvalue weighted by atomic mass is 9.94. The summed E-state index contributed by atoms with van der Waals surface area (Å²) in [5, 5.41) is 15.1. The molecule has 1 saturated carbocycles.